The van der Waals surface area contributed by atoms with E-state index in [1.165, 1.54) is 24.3 Å². The molecule has 0 heterocycles. The normalized spacial score (nSPS) is 11.3. The zero-order valence-corrected chi connectivity index (χ0v) is 9.85. The zero-order chi connectivity index (χ0) is 13.9. The van der Waals surface area contributed by atoms with Crippen LogP contribution in [0.2, 0.25) is 0 Å². The Labute approximate surface area is 108 Å². The number of rotatable bonds is 3. The van der Waals surface area contributed by atoms with Crippen molar-refractivity contribution in [2.24, 2.45) is 0 Å². The highest BCUT2D eigenvalue weighted by Crippen LogP contribution is 2.31. The van der Waals surface area contributed by atoms with Gasteiger partial charge in [-0.3, -0.25) is 0 Å². The minimum atomic E-state index is -4.32. The smallest absolute Gasteiger partial charge is 0.416 e. The Morgan fingerprint density at radius 2 is 1.47 bits per heavy atom. The minimum Gasteiger partial charge on any atom is -0.681 e. The van der Waals surface area contributed by atoms with Crippen molar-refractivity contribution in [3.63, 3.8) is 0 Å². The maximum atomic E-state index is 12.4. The number of halogens is 3. The van der Waals surface area contributed by atoms with Crippen LogP contribution in [-0.2, 0) is 12.7 Å². The van der Waals surface area contributed by atoms with Gasteiger partial charge >= 0.3 is 6.18 Å². The van der Waals surface area contributed by atoms with Crippen molar-refractivity contribution in [1.29, 1.82) is 0 Å². The molecule has 0 saturated heterocycles. The molecule has 0 amide bonds. The van der Waals surface area contributed by atoms with Gasteiger partial charge in [0.1, 0.15) is 5.75 Å². The topological polar surface area (TPSA) is 34.3 Å². The van der Waals surface area contributed by atoms with E-state index in [9.17, 15) is 13.2 Å². The fraction of sp³-hybridized carbons (Fsp3) is 0.143. The van der Waals surface area contributed by atoms with Crippen molar-refractivity contribution >= 4 is 5.69 Å². The molecular formula is C14H11F3NO-. The second-order valence-electron chi connectivity index (χ2n) is 4.03. The molecule has 19 heavy (non-hydrogen) atoms. The van der Waals surface area contributed by atoms with Crippen LogP contribution in [0.4, 0.5) is 18.9 Å². The van der Waals surface area contributed by atoms with Gasteiger partial charge in [-0.1, -0.05) is 42.0 Å². The minimum absolute atomic E-state index is 0.165. The van der Waals surface area contributed by atoms with Gasteiger partial charge in [0.15, 0.2) is 0 Å². The second kappa shape index (κ2) is 5.22. The first-order valence-corrected chi connectivity index (χ1v) is 5.58. The van der Waals surface area contributed by atoms with Gasteiger partial charge in [0.25, 0.3) is 0 Å². The van der Waals surface area contributed by atoms with Gasteiger partial charge in [-0.25, -0.2) is 0 Å². The Kier molecular flexibility index (Phi) is 3.64. The van der Waals surface area contributed by atoms with E-state index in [1.54, 1.807) is 12.1 Å². The van der Waals surface area contributed by atoms with E-state index in [0.717, 1.165) is 17.7 Å². The molecule has 2 rings (SSSR count). The van der Waals surface area contributed by atoms with Crippen molar-refractivity contribution in [3.05, 3.63) is 65.0 Å². The van der Waals surface area contributed by atoms with Crippen LogP contribution in [0.3, 0.4) is 0 Å². The van der Waals surface area contributed by atoms with Crippen molar-refractivity contribution in [1.82, 2.24) is 0 Å². The van der Waals surface area contributed by atoms with Gasteiger partial charge in [0.05, 0.1) is 5.56 Å². The maximum Gasteiger partial charge on any atom is 0.416 e. The Bertz CT molecular complexity index is 532. The zero-order valence-electron chi connectivity index (χ0n) is 9.85. The SMILES string of the molecule is Oc1ccc(C[N-]c2ccc(C(F)(F)F)cc2)cc1. The summed E-state index contributed by atoms with van der Waals surface area (Å²) in [4.78, 5) is 0. The number of alkyl halides is 3. The molecule has 0 aliphatic heterocycles. The Hall–Kier alpha value is -2.17. The van der Waals surface area contributed by atoms with Gasteiger partial charge in [-0.05, 0) is 12.1 Å². The van der Waals surface area contributed by atoms with Gasteiger partial charge in [0.2, 0.25) is 0 Å². The van der Waals surface area contributed by atoms with E-state index in [4.69, 9.17) is 5.11 Å². The quantitative estimate of drug-likeness (QED) is 0.864. The first-order chi connectivity index (χ1) is 8.95. The van der Waals surface area contributed by atoms with E-state index in [0.29, 0.717) is 12.2 Å². The molecule has 0 saturated carbocycles. The summed E-state index contributed by atoms with van der Waals surface area (Å²) in [6, 6.07) is 11.2. The fourth-order valence-electron chi connectivity index (χ4n) is 1.54. The van der Waals surface area contributed by atoms with E-state index in [1.807, 2.05) is 0 Å². The lowest BCUT2D eigenvalue weighted by molar-refractivity contribution is -0.137. The van der Waals surface area contributed by atoms with Crippen LogP contribution in [-0.4, -0.2) is 5.11 Å². The number of hydrogen-bond acceptors (Lipinski definition) is 1. The molecule has 0 spiro atoms. The molecule has 2 aromatic rings. The van der Waals surface area contributed by atoms with Crippen molar-refractivity contribution < 1.29 is 18.3 Å². The lowest BCUT2D eigenvalue weighted by atomic mass is 10.2. The molecule has 1 N–H and O–H groups in total. The fourth-order valence-corrected chi connectivity index (χ4v) is 1.54. The largest absolute Gasteiger partial charge is 0.681 e. The first kappa shape index (κ1) is 13.3. The monoisotopic (exact) mass is 266 g/mol. The predicted octanol–water partition coefficient (Wildman–Crippen LogP) is 4.62. The molecule has 2 aromatic carbocycles. The van der Waals surface area contributed by atoms with Gasteiger partial charge in [-0.15, -0.1) is 12.2 Å². The van der Waals surface area contributed by atoms with E-state index >= 15 is 0 Å². The summed E-state index contributed by atoms with van der Waals surface area (Å²) in [7, 11) is 0. The van der Waals surface area contributed by atoms with Gasteiger partial charge in [0, 0.05) is 0 Å². The van der Waals surface area contributed by atoms with Crippen LogP contribution in [0.25, 0.3) is 5.32 Å². The molecular weight excluding hydrogens is 255 g/mol. The summed E-state index contributed by atoms with van der Waals surface area (Å²) in [6.45, 7) is 0.353. The molecule has 0 unspecified atom stereocenters. The summed E-state index contributed by atoms with van der Waals surface area (Å²) in [6.07, 6.45) is -4.32. The van der Waals surface area contributed by atoms with Crippen LogP contribution >= 0.6 is 0 Å². The lowest BCUT2D eigenvalue weighted by Crippen LogP contribution is -2.03. The number of benzene rings is 2. The maximum absolute atomic E-state index is 12.4. The Morgan fingerprint density at radius 3 is 2.00 bits per heavy atom. The summed E-state index contributed by atoms with van der Waals surface area (Å²) in [5.74, 6) is 0.165. The molecule has 0 fully saturated rings. The molecule has 100 valence electrons. The first-order valence-electron chi connectivity index (χ1n) is 5.58. The number of aromatic hydroxyl groups is 1. The van der Waals surface area contributed by atoms with Crippen LogP contribution in [0, 0.1) is 0 Å². The number of phenolic OH excluding ortho intramolecular Hbond substituents is 1. The van der Waals surface area contributed by atoms with E-state index < -0.39 is 11.7 Å². The predicted molar refractivity (Wildman–Crippen MR) is 66.3 cm³/mol. The molecule has 0 aromatic heterocycles. The molecule has 0 atom stereocenters. The average Bonchev–Trinajstić information content (AvgIpc) is 2.37. The summed E-state index contributed by atoms with van der Waals surface area (Å²) in [5.41, 5.74) is 0.676. The highest BCUT2D eigenvalue weighted by Gasteiger charge is 2.29. The molecule has 0 aliphatic carbocycles. The van der Waals surface area contributed by atoms with Gasteiger partial charge < -0.3 is 10.4 Å². The van der Waals surface area contributed by atoms with Crippen molar-refractivity contribution in [3.8, 4) is 5.75 Å². The average molecular weight is 266 g/mol. The van der Waals surface area contributed by atoms with Crippen LogP contribution < -0.4 is 0 Å². The molecule has 2 nitrogen and oxygen atoms in total. The van der Waals surface area contributed by atoms with E-state index in [2.05, 4.69) is 5.32 Å². The molecule has 0 bridgehead atoms. The highest BCUT2D eigenvalue weighted by molar-refractivity contribution is 5.50. The summed E-state index contributed by atoms with van der Waals surface area (Å²) >= 11 is 0. The van der Waals surface area contributed by atoms with Crippen LogP contribution in [0.5, 0.6) is 5.75 Å². The number of hydrogen-bond donors (Lipinski definition) is 1. The number of phenols is 1. The van der Waals surface area contributed by atoms with Crippen LogP contribution in [0.1, 0.15) is 11.1 Å². The summed E-state index contributed by atoms with van der Waals surface area (Å²) in [5, 5.41) is 13.3. The lowest BCUT2D eigenvalue weighted by Gasteiger charge is -2.21. The number of nitrogens with zero attached hydrogens (tertiary/aromatic N) is 1. The van der Waals surface area contributed by atoms with Gasteiger partial charge in [-0.2, -0.15) is 13.2 Å². The molecule has 5 heteroatoms. The van der Waals surface area contributed by atoms with Crippen molar-refractivity contribution in [2.75, 3.05) is 0 Å². The van der Waals surface area contributed by atoms with Crippen LogP contribution in [0.15, 0.2) is 48.5 Å². The Morgan fingerprint density at radius 1 is 0.895 bits per heavy atom. The third kappa shape index (κ3) is 3.64. The third-order valence-electron chi connectivity index (χ3n) is 2.58. The highest BCUT2D eigenvalue weighted by atomic mass is 19.4. The standard InChI is InChI=1S/C14H11F3NO/c15-14(16,17)11-3-5-12(6-4-11)18-9-10-1-7-13(19)8-2-10/h1-8,19H,9H2/q-1. The second-order valence-corrected chi connectivity index (χ2v) is 4.03. The van der Waals surface area contributed by atoms with E-state index in [-0.39, 0.29) is 5.75 Å². The Balaban J connectivity index is 1.98. The molecule has 0 radical (unpaired) electrons. The summed E-state index contributed by atoms with van der Waals surface area (Å²) < 4.78 is 37.1. The third-order valence-corrected chi connectivity index (χ3v) is 2.58. The molecule has 0 aliphatic rings. The van der Waals surface area contributed by atoms with Crippen molar-refractivity contribution in [2.45, 2.75) is 12.7 Å².